The predicted molar refractivity (Wildman–Crippen MR) is 95.4 cm³/mol. The Balaban J connectivity index is 1.76. The Labute approximate surface area is 141 Å². The summed E-state index contributed by atoms with van der Waals surface area (Å²) in [4.78, 5) is 9.36. The molecule has 0 saturated heterocycles. The second-order valence-corrected chi connectivity index (χ2v) is 6.74. The van der Waals surface area contributed by atoms with Gasteiger partial charge in [-0.1, -0.05) is 39.0 Å². The summed E-state index contributed by atoms with van der Waals surface area (Å²) in [6, 6.07) is 9.78. The summed E-state index contributed by atoms with van der Waals surface area (Å²) in [6.45, 7) is 7.52. The van der Waals surface area contributed by atoms with Crippen molar-refractivity contribution in [3.63, 3.8) is 0 Å². The third-order valence-electron chi connectivity index (χ3n) is 3.67. The van der Waals surface area contributed by atoms with Gasteiger partial charge in [-0.05, 0) is 12.1 Å². The van der Waals surface area contributed by atoms with Crippen LogP contribution in [-0.2, 0) is 12.5 Å². The lowest BCUT2D eigenvalue weighted by Crippen LogP contribution is -2.19. The van der Waals surface area contributed by atoms with Crippen LogP contribution in [0.15, 0.2) is 36.5 Å². The van der Waals surface area contributed by atoms with E-state index in [2.05, 4.69) is 36.2 Å². The molecule has 1 N–H and O–H groups in total. The van der Waals surface area contributed by atoms with Crippen LogP contribution >= 0.6 is 0 Å². The number of aromatic nitrogens is 4. The Morgan fingerprint density at radius 2 is 1.88 bits per heavy atom. The van der Waals surface area contributed by atoms with Crippen LogP contribution in [0.2, 0.25) is 0 Å². The van der Waals surface area contributed by atoms with Gasteiger partial charge in [0.25, 0.3) is 0 Å². The number of rotatable bonds is 5. The van der Waals surface area contributed by atoms with E-state index in [0.717, 1.165) is 28.4 Å². The van der Waals surface area contributed by atoms with Gasteiger partial charge < -0.3 is 10.1 Å². The third kappa shape index (κ3) is 3.48. The van der Waals surface area contributed by atoms with Crippen molar-refractivity contribution in [1.82, 2.24) is 19.7 Å². The minimum atomic E-state index is -0.130. The highest BCUT2D eigenvalue weighted by Crippen LogP contribution is 2.25. The van der Waals surface area contributed by atoms with Gasteiger partial charge in [0.15, 0.2) is 5.65 Å². The molecule has 0 spiro atoms. The minimum absolute atomic E-state index is 0.130. The number of nitrogens with zero attached hydrogens (tertiary/aromatic N) is 4. The Kier molecular flexibility index (Phi) is 4.38. The minimum Gasteiger partial charge on any atom is -0.492 e. The maximum atomic E-state index is 5.72. The number of aryl methyl sites for hydroxylation is 1. The van der Waals surface area contributed by atoms with E-state index in [-0.39, 0.29) is 5.41 Å². The maximum absolute atomic E-state index is 5.72. The van der Waals surface area contributed by atoms with Crippen molar-refractivity contribution < 1.29 is 4.74 Å². The second kappa shape index (κ2) is 6.47. The Morgan fingerprint density at radius 1 is 1.12 bits per heavy atom. The molecule has 0 amide bonds. The lowest BCUT2D eigenvalue weighted by atomic mass is 9.95. The van der Waals surface area contributed by atoms with Crippen molar-refractivity contribution >= 4 is 16.9 Å². The van der Waals surface area contributed by atoms with Gasteiger partial charge in [-0.25, -0.2) is 9.97 Å². The number of anilines is 1. The van der Waals surface area contributed by atoms with E-state index in [0.29, 0.717) is 13.2 Å². The zero-order chi connectivity index (χ0) is 17.2. The molecule has 24 heavy (non-hydrogen) atoms. The van der Waals surface area contributed by atoms with E-state index in [9.17, 15) is 0 Å². The lowest BCUT2D eigenvalue weighted by Gasteiger charge is -2.18. The Hall–Kier alpha value is -2.63. The first-order chi connectivity index (χ1) is 11.4. The van der Waals surface area contributed by atoms with E-state index >= 15 is 0 Å². The van der Waals surface area contributed by atoms with Gasteiger partial charge in [-0.2, -0.15) is 5.10 Å². The highest BCUT2D eigenvalue weighted by Gasteiger charge is 2.21. The number of para-hydroxylation sites is 1. The van der Waals surface area contributed by atoms with Gasteiger partial charge in [0.05, 0.1) is 18.1 Å². The first-order valence-electron chi connectivity index (χ1n) is 8.07. The zero-order valence-electron chi connectivity index (χ0n) is 14.6. The zero-order valence-corrected chi connectivity index (χ0v) is 14.6. The fourth-order valence-electron chi connectivity index (χ4n) is 2.35. The van der Waals surface area contributed by atoms with E-state index in [1.807, 2.05) is 37.4 Å². The molecular weight excluding hydrogens is 302 g/mol. The number of hydrogen-bond donors (Lipinski definition) is 1. The Bertz CT molecular complexity index is 821. The molecule has 0 radical (unpaired) electrons. The molecule has 0 aliphatic heterocycles. The van der Waals surface area contributed by atoms with E-state index in [1.165, 1.54) is 0 Å². The molecule has 2 aromatic heterocycles. The molecule has 3 aromatic rings. The molecule has 0 aliphatic rings. The molecule has 0 fully saturated rings. The average Bonchev–Trinajstić information content (AvgIpc) is 2.93. The van der Waals surface area contributed by atoms with Gasteiger partial charge in [0.1, 0.15) is 24.0 Å². The first kappa shape index (κ1) is 16.2. The van der Waals surface area contributed by atoms with Crippen molar-refractivity contribution in [2.45, 2.75) is 26.2 Å². The number of benzene rings is 1. The molecule has 6 nitrogen and oxygen atoms in total. The molecule has 6 heteroatoms. The van der Waals surface area contributed by atoms with E-state index in [1.54, 1.807) is 10.9 Å². The summed E-state index contributed by atoms with van der Waals surface area (Å²) in [7, 11) is 1.89. The highest BCUT2D eigenvalue weighted by atomic mass is 16.5. The van der Waals surface area contributed by atoms with Crippen LogP contribution in [0.3, 0.4) is 0 Å². The summed E-state index contributed by atoms with van der Waals surface area (Å²) >= 11 is 0. The van der Waals surface area contributed by atoms with Crippen molar-refractivity contribution in [2.24, 2.45) is 7.05 Å². The summed E-state index contributed by atoms with van der Waals surface area (Å²) < 4.78 is 7.49. The monoisotopic (exact) mass is 325 g/mol. The molecule has 0 saturated carbocycles. The summed E-state index contributed by atoms with van der Waals surface area (Å²) in [6.07, 6.45) is 1.79. The maximum Gasteiger partial charge on any atom is 0.163 e. The lowest BCUT2D eigenvalue weighted by molar-refractivity contribution is 0.333. The highest BCUT2D eigenvalue weighted by molar-refractivity contribution is 5.86. The van der Waals surface area contributed by atoms with Gasteiger partial charge in [-0.3, -0.25) is 4.68 Å². The van der Waals surface area contributed by atoms with Gasteiger partial charge in [-0.15, -0.1) is 0 Å². The number of nitrogens with one attached hydrogen (secondary N) is 1. The SMILES string of the molecule is Cn1ncc2c(NCCOc3ccccc3)nc(C(C)(C)C)nc21. The molecule has 0 atom stereocenters. The van der Waals surface area contributed by atoms with Crippen molar-refractivity contribution in [1.29, 1.82) is 0 Å². The van der Waals surface area contributed by atoms with Gasteiger partial charge in [0.2, 0.25) is 0 Å². The van der Waals surface area contributed by atoms with Crippen LogP contribution in [0, 0.1) is 0 Å². The summed E-state index contributed by atoms with van der Waals surface area (Å²) in [5.41, 5.74) is 0.705. The molecule has 2 heterocycles. The van der Waals surface area contributed by atoms with Crippen molar-refractivity contribution in [2.75, 3.05) is 18.5 Å². The number of fused-ring (bicyclic) bond motifs is 1. The van der Waals surface area contributed by atoms with Gasteiger partial charge in [0, 0.05) is 12.5 Å². The van der Waals surface area contributed by atoms with E-state index < -0.39 is 0 Å². The quantitative estimate of drug-likeness (QED) is 0.730. The second-order valence-electron chi connectivity index (χ2n) is 6.74. The molecule has 0 unspecified atom stereocenters. The third-order valence-corrected chi connectivity index (χ3v) is 3.67. The largest absolute Gasteiger partial charge is 0.492 e. The van der Waals surface area contributed by atoms with Crippen molar-refractivity contribution in [3.8, 4) is 5.75 Å². The van der Waals surface area contributed by atoms with E-state index in [4.69, 9.17) is 9.72 Å². The summed E-state index contributed by atoms with van der Waals surface area (Å²) in [5.74, 6) is 2.46. The molecule has 0 aliphatic carbocycles. The molecule has 126 valence electrons. The normalized spacial score (nSPS) is 11.7. The van der Waals surface area contributed by atoms with Crippen LogP contribution in [0.1, 0.15) is 26.6 Å². The fourth-order valence-corrected chi connectivity index (χ4v) is 2.35. The van der Waals surface area contributed by atoms with Crippen LogP contribution in [0.4, 0.5) is 5.82 Å². The van der Waals surface area contributed by atoms with Gasteiger partial charge >= 0.3 is 0 Å². The van der Waals surface area contributed by atoms with Crippen LogP contribution in [0.5, 0.6) is 5.75 Å². The Morgan fingerprint density at radius 3 is 2.58 bits per heavy atom. The molecule has 1 aromatic carbocycles. The summed E-state index contributed by atoms with van der Waals surface area (Å²) in [5, 5.41) is 8.57. The molecule has 0 bridgehead atoms. The molecular formula is C18H23N5O. The predicted octanol–water partition coefficient (Wildman–Crippen LogP) is 3.15. The van der Waals surface area contributed by atoms with Crippen LogP contribution < -0.4 is 10.1 Å². The van der Waals surface area contributed by atoms with Crippen molar-refractivity contribution in [3.05, 3.63) is 42.4 Å². The fraction of sp³-hybridized carbons (Fsp3) is 0.389. The number of ether oxygens (including phenoxy) is 1. The van der Waals surface area contributed by atoms with Crippen LogP contribution in [0.25, 0.3) is 11.0 Å². The standard InChI is InChI=1S/C18H23N5O/c1-18(2,3)17-21-15(14-12-20-23(4)16(14)22-17)19-10-11-24-13-8-6-5-7-9-13/h5-9,12H,10-11H2,1-4H3,(H,19,21,22). The van der Waals surface area contributed by atoms with Crippen LogP contribution in [-0.4, -0.2) is 32.9 Å². The number of hydrogen-bond acceptors (Lipinski definition) is 5. The molecule has 3 rings (SSSR count). The topological polar surface area (TPSA) is 64.9 Å². The smallest absolute Gasteiger partial charge is 0.163 e. The first-order valence-corrected chi connectivity index (χ1v) is 8.07. The average molecular weight is 325 g/mol.